The monoisotopic (exact) mass is 254 g/mol. The number of nitrogens with two attached hydrogens (primary N) is 1. The number of nitrogens with zero attached hydrogens (tertiary/aromatic N) is 1. The average molecular weight is 254 g/mol. The van der Waals surface area contributed by atoms with Gasteiger partial charge in [0.1, 0.15) is 5.82 Å². The zero-order valence-electron chi connectivity index (χ0n) is 11.7. The Morgan fingerprint density at radius 3 is 2.61 bits per heavy atom. The molecule has 2 N–H and O–H groups in total. The lowest BCUT2D eigenvalue weighted by molar-refractivity contribution is 0.205. The lowest BCUT2D eigenvalue weighted by atomic mass is 10.0. The summed E-state index contributed by atoms with van der Waals surface area (Å²) in [7, 11) is 1.68. The van der Waals surface area contributed by atoms with Crippen molar-refractivity contribution in [1.29, 1.82) is 0 Å². The maximum atomic E-state index is 13.6. The minimum Gasteiger partial charge on any atom is -0.383 e. The van der Waals surface area contributed by atoms with Crippen molar-refractivity contribution >= 4 is 5.69 Å². The van der Waals surface area contributed by atoms with Gasteiger partial charge >= 0.3 is 0 Å². The molecule has 1 aromatic rings. The number of aryl methyl sites for hydroxylation is 1. The summed E-state index contributed by atoms with van der Waals surface area (Å²) >= 11 is 0. The highest BCUT2D eigenvalue weighted by atomic mass is 19.1. The van der Waals surface area contributed by atoms with Crippen LogP contribution in [0.1, 0.15) is 31.0 Å². The van der Waals surface area contributed by atoms with E-state index in [9.17, 15) is 4.39 Å². The average Bonchev–Trinajstić information content (AvgIpc) is 2.33. The summed E-state index contributed by atoms with van der Waals surface area (Å²) in [6.07, 6.45) is 0. The molecule has 18 heavy (non-hydrogen) atoms. The topological polar surface area (TPSA) is 38.5 Å². The van der Waals surface area contributed by atoms with Crippen LogP contribution in [-0.2, 0) is 4.74 Å². The molecule has 0 fully saturated rings. The Morgan fingerprint density at radius 1 is 1.44 bits per heavy atom. The van der Waals surface area contributed by atoms with Crippen molar-refractivity contribution in [2.75, 3.05) is 31.7 Å². The molecule has 0 saturated heterocycles. The summed E-state index contributed by atoms with van der Waals surface area (Å²) in [6.45, 7) is 7.97. The Balaban J connectivity index is 3.14. The number of halogens is 1. The van der Waals surface area contributed by atoms with Crippen molar-refractivity contribution in [1.82, 2.24) is 0 Å². The Bertz CT molecular complexity index is 394. The summed E-state index contributed by atoms with van der Waals surface area (Å²) in [5, 5.41) is 0. The maximum absolute atomic E-state index is 13.6. The number of hydrogen-bond donors (Lipinski definition) is 1. The molecule has 1 aromatic carbocycles. The van der Waals surface area contributed by atoms with Crippen LogP contribution in [-0.4, -0.2) is 26.8 Å². The molecule has 1 rings (SSSR count). The van der Waals surface area contributed by atoms with Crippen LogP contribution in [0.4, 0.5) is 10.1 Å². The zero-order valence-corrected chi connectivity index (χ0v) is 11.7. The van der Waals surface area contributed by atoms with Crippen LogP contribution in [0.2, 0.25) is 0 Å². The Kier molecular flexibility index (Phi) is 5.56. The van der Waals surface area contributed by atoms with Crippen molar-refractivity contribution < 1.29 is 9.13 Å². The Labute approximate surface area is 109 Å². The first-order valence-electron chi connectivity index (χ1n) is 6.30. The third-order valence-electron chi connectivity index (χ3n) is 3.09. The van der Waals surface area contributed by atoms with Gasteiger partial charge in [0.25, 0.3) is 0 Å². The van der Waals surface area contributed by atoms with Gasteiger partial charge in [0.2, 0.25) is 0 Å². The Morgan fingerprint density at radius 2 is 2.11 bits per heavy atom. The smallest absolute Gasteiger partial charge is 0.126 e. The standard InChI is InChI=1S/C14H23FN2O/c1-5-17(6-7-18-4)14-8-10(2)13(15)9-12(14)11(3)16/h8-9,11H,5-7,16H2,1-4H3/t11-/m1/s1. The van der Waals surface area contributed by atoms with Crippen LogP contribution in [0, 0.1) is 12.7 Å². The van der Waals surface area contributed by atoms with Crippen molar-refractivity contribution in [3.8, 4) is 0 Å². The molecule has 0 aromatic heterocycles. The molecule has 0 saturated carbocycles. The van der Waals surface area contributed by atoms with Gasteiger partial charge in [0.15, 0.2) is 0 Å². The molecule has 0 unspecified atom stereocenters. The fraction of sp³-hybridized carbons (Fsp3) is 0.571. The van der Waals surface area contributed by atoms with Gasteiger partial charge in [-0.1, -0.05) is 0 Å². The first-order chi connectivity index (χ1) is 8.51. The van der Waals surface area contributed by atoms with E-state index in [1.54, 1.807) is 20.1 Å². The van der Waals surface area contributed by atoms with Gasteiger partial charge in [0.05, 0.1) is 6.61 Å². The normalized spacial score (nSPS) is 12.6. The molecule has 3 nitrogen and oxygen atoms in total. The SMILES string of the molecule is CCN(CCOC)c1cc(C)c(F)cc1[C@@H](C)N. The molecule has 0 aliphatic heterocycles. The molecule has 0 aliphatic rings. The molecule has 102 valence electrons. The molecule has 4 heteroatoms. The predicted octanol–water partition coefficient (Wildman–Crippen LogP) is 2.63. The van der Waals surface area contributed by atoms with Crippen LogP contribution < -0.4 is 10.6 Å². The number of anilines is 1. The number of rotatable bonds is 6. The highest BCUT2D eigenvalue weighted by Crippen LogP contribution is 2.28. The van der Waals surface area contributed by atoms with Gasteiger partial charge in [0, 0.05) is 31.9 Å². The second kappa shape index (κ2) is 6.71. The van der Waals surface area contributed by atoms with Crippen LogP contribution in [0.5, 0.6) is 0 Å². The number of methoxy groups -OCH3 is 1. The molecule has 0 heterocycles. The van der Waals surface area contributed by atoms with E-state index in [1.165, 1.54) is 0 Å². The van der Waals surface area contributed by atoms with E-state index < -0.39 is 0 Å². The van der Waals surface area contributed by atoms with Crippen LogP contribution in [0.25, 0.3) is 0 Å². The first kappa shape index (κ1) is 14.9. The highest BCUT2D eigenvalue weighted by molar-refractivity contribution is 5.57. The number of ether oxygens (including phenoxy) is 1. The van der Waals surface area contributed by atoms with E-state index >= 15 is 0 Å². The van der Waals surface area contributed by atoms with E-state index in [0.29, 0.717) is 12.2 Å². The molecule has 0 amide bonds. The summed E-state index contributed by atoms with van der Waals surface area (Å²) in [5.41, 5.74) is 8.42. The zero-order chi connectivity index (χ0) is 13.7. The van der Waals surface area contributed by atoms with Gasteiger partial charge in [-0.15, -0.1) is 0 Å². The third-order valence-corrected chi connectivity index (χ3v) is 3.09. The van der Waals surface area contributed by atoms with Crippen LogP contribution >= 0.6 is 0 Å². The van der Waals surface area contributed by atoms with Gasteiger partial charge in [-0.3, -0.25) is 0 Å². The van der Waals surface area contributed by atoms with Crippen molar-refractivity contribution in [2.45, 2.75) is 26.8 Å². The Hall–Kier alpha value is -1.13. The molecular formula is C14H23FN2O. The van der Waals surface area contributed by atoms with Crippen LogP contribution in [0.3, 0.4) is 0 Å². The minimum atomic E-state index is -0.200. The lowest BCUT2D eigenvalue weighted by Gasteiger charge is -2.27. The molecule has 1 atom stereocenters. The quantitative estimate of drug-likeness (QED) is 0.848. The van der Waals surface area contributed by atoms with E-state index in [4.69, 9.17) is 10.5 Å². The minimum absolute atomic E-state index is 0.188. The van der Waals surface area contributed by atoms with Crippen molar-refractivity contribution in [3.05, 3.63) is 29.1 Å². The van der Waals surface area contributed by atoms with Crippen LogP contribution in [0.15, 0.2) is 12.1 Å². The summed E-state index contributed by atoms with van der Waals surface area (Å²) in [4.78, 5) is 2.16. The molecule has 0 radical (unpaired) electrons. The van der Waals surface area contributed by atoms with E-state index in [2.05, 4.69) is 11.8 Å². The fourth-order valence-electron chi connectivity index (χ4n) is 1.97. The largest absolute Gasteiger partial charge is 0.383 e. The van der Waals surface area contributed by atoms with Gasteiger partial charge in [-0.2, -0.15) is 0 Å². The molecule has 0 bridgehead atoms. The maximum Gasteiger partial charge on any atom is 0.126 e. The summed E-state index contributed by atoms with van der Waals surface area (Å²) < 4.78 is 18.7. The van der Waals surface area contributed by atoms with Crippen molar-refractivity contribution in [2.24, 2.45) is 5.73 Å². The van der Waals surface area contributed by atoms with Gasteiger partial charge < -0.3 is 15.4 Å². The number of hydrogen-bond acceptors (Lipinski definition) is 3. The third kappa shape index (κ3) is 3.43. The van der Waals surface area contributed by atoms with E-state index in [1.807, 2.05) is 13.0 Å². The second-order valence-corrected chi connectivity index (χ2v) is 4.52. The summed E-state index contributed by atoms with van der Waals surface area (Å²) in [5.74, 6) is -0.200. The lowest BCUT2D eigenvalue weighted by Crippen LogP contribution is -2.29. The molecule has 0 spiro atoms. The number of likely N-dealkylation sites (N-methyl/N-ethyl adjacent to an activating group) is 1. The van der Waals surface area contributed by atoms with E-state index in [0.717, 1.165) is 24.3 Å². The van der Waals surface area contributed by atoms with E-state index in [-0.39, 0.29) is 11.9 Å². The molecule has 0 aliphatic carbocycles. The summed E-state index contributed by atoms with van der Waals surface area (Å²) in [6, 6.07) is 3.23. The van der Waals surface area contributed by atoms with Gasteiger partial charge in [-0.25, -0.2) is 4.39 Å². The van der Waals surface area contributed by atoms with Gasteiger partial charge in [-0.05, 0) is 44.0 Å². The van der Waals surface area contributed by atoms with Crippen molar-refractivity contribution in [3.63, 3.8) is 0 Å². The highest BCUT2D eigenvalue weighted by Gasteiger charge is 2.15. The first-order valence-corrected chi connectivity index (χ1v) is 6.30. The molecular weight excluding hydrogens is 231 g/mol. The number of benzene rings is 1. The predicted molar refractivity (Wildman–Crippen MR) is 73.5 cm³/mol. The fourth-order valence-corrected chi connectivity index (χ4v) is 1.97. The second-order valence-electron chi connectivity index (χ2n) is 4.52.